The molecular formula is C56H61N3O7S3. The van der Waals surface area contributed by atoms with Crippen molar-refractivity contribution in [3.63, 3.8) is 0 Å². The highest BCUT2D eigenvalue weighted by Gasteiger charge is 2.20. The van der Waals surface area contributed by atoms with Gasteiger partial charge in [0.2, 0.25) is 0 Å². The molecule has 0 amide bonds. The molecule has 6 aromatic carbocycles. The van der Waals surface area contributed by atoms with Crippen molar-refractivity contribution in [3.8, 4) is 17.2 Å². The molecule has 69 heavy (non-hydrogen) atoms. The van der Waals surface area contributed by atoms with E-state index in [1.54, 1.807) is 33.5 Å². The predicted molar refractivity (Wildman–Crippen MR) is 283 cm³/mol. The molecule has 6 aromatic rings. The fourth-order valence-electron chi connectivity index (χ4n) is 8.34. The molecular weight excluding hydrogens is 923 g/mol. The van der Waals surface area contributed by atoms with Crippen LogP contribution in [0.4, 0.5) is 0 Å². The van der Waals surface area contributed by atoms with Gasteiger partial charge in [-0.2, -0.15) is 0 Å². The highest BCUT2D eigenvalue weighted by atomic mass is 32.2. The zero-order chi connectivity index (χ0) is 48.7. The van der Waals surface area contributed by atoms with E-state index in [2.05, 4.69) is 82.5 Å². The number of benzene rings is 6. The Kier molecular flexibility index (Phi) is 18.6. The molecule has 0 aromatic heterocycles. The molecule has 3 aliphatic rings. The largest absolute Gasteiger partial charge is 0.508 e. The van der Waals surface area contributed by atoms with Crippen molar-refractivity contribution in [1.29, 1.82) is 0 Å². The van der Waals surface area contributed by atoms with Crippen molar-refractivity contribution in [2.24, 2.45) is 0 Å². The zero-order valence-electron chi connectivity index (χ0n) is 39.6. The Morgan fingerprint density at radius 2 is 0.957 bits per heavy atom. The van der Waals surface area contributed by atoms with E-state index < -0.39 is 5.97 Å². The minimum absolute atomic E-state index is 0.115. The molecule has 9 rings (SSSR count). The van der Waals surface area contributed by atoms with E-state index in [9.17, 15) is 20.1 Å². The van der Waals surface area contributed by atoms with Gasteiger partial charge in [-0.05, 0) is 100 Å². The Morgan fingerprint density at radius 3 is 1.41 bits per heavy atom. The number of hydrogen-bond acceptors (Lipinski definition) is 12. The van der Waals surface area contributed by atoms with Crippen LogP contribution in [-0.2, 0) is 39.3 Å². The number of hydrogen-bond donors (Lipinski definition) is 3. The lowest BCUT2D eigenvalue weighted by molar-refractivity contribution is 0.0694. The van der Waals surface area contributed by atoms with Gasteiger partial charge in [-0.25, -0.2) is 4.79 Å². The zero-order valence-corrected chi connectivity index (χ0v) is 42.0. The van der Waals surface area contributed by atoms with E-state index in [0.717, 1.165) is 104 Å². The molecule has 0 bridgehead atoms. The summed E-state index contributed by atoms with van der Waals surface area (Å²) in [6.07, 6.45) is 0. The van der Waals surface area contributed by atoms with Gasteiger partial charge in [0.1, 0.15) is 28.8 Å². The number of carboxylic acid groups (broad SMARTS) is 1. The van der Waals surface area contributed by atoms with Crippen LogP contribution in [-0.4, -0.2) is 94.2 Å². The van der Waals surface area contributed by atoms with Crippen LogP contribution in [0, 0.1) is 0 Å². The van der Waals surface area contributed by atoms with Crippen LogP contribution in [0.5, 0.6) is 17.2 Å². The first-order chi connectivity index (χ1) is 33.5. The predicted octanol–water partition coefficient (Wildman–Crippen LogP) is 12.2. The van der Waals surface area contributed by atoms with Crippen LogP contribution in [0.1, 0.15) is 54.9 Å². The quantitative estimate of drug-likeness (QED) is 0.101. The summed E-state index contributed by atoms with van der Waals surface area (Å²) < 4.78 is 16.0. The maximum absolute atomic E-state index is 11.4. The third kappa shape index (κ3) is 14.6. The fraction of sp³-hybridized carbons (Fsp3) is 0.268. The molecule has 0 unspecified atom stereocenters. The van der Waals surface area contributed by atoms with Crippen LogP contribution in [0.3, 0.4) is 0 Å². The topological polar surface area (TPSA) is 115 Å². The lowest BCUT2D eigenvalue weighted by Gasteiger charge is -2.21. The third-order valence-corrected chi connectivity index (χ3v) is 15.3. The van der Waals surface area contributed by atoms with Gasteiger partial charge in [-0.1, -0.05) is 73.8 Å². The highest BCUT2D eigenvalue weighted by Crippen LogP contribution is 2.34. The smallest absolute Gasteiger partial charge is 0.336 e. The summed E-state index contributed by atoms with van der Waals surface area (Å²) in [5.74, 6) is 5.20. The molecule has 0 fully saturated rings. The summed E-state index contributed by atoms with van der Waals surface area (Å²) in [5.41, 5.74) is 9.11. The van der Waals surface area contributed by atoms with Crippen molar-refractivity contribution in [1.82, 2.24) is 14.7 Å². The maximum Gasteiger partial charge on any atom is 0.336 e. The molecule has 10 nitrogen and oxygen atoms in total. The van der Waals surface area contributed by atoms with Gasteiger partial charge in [0.15, 0.2) is 0 Å². The van der Waals surface area contributed by atoms with Crippen molar-refractivity contribution in [2.75, 3.05) is 58.2 Å². The highest BCUT2D eigenvalue weighted by molar-refractivity contribution is 7.99. The maximum atomic E-state index is 11.4. The normalized spacial score (nSPS) is 14.8. The second kappa shape index (κ2) is 25.2. The second-order valence-electron chi connectivity index (χ2n) is 16.9. The molecule has 3 aliphatic heterocycles. The number of nitrogens with zero attached hydrogens (tertiary/aromatic N) is 3. The SMILES string of the molecule is C=C(O)c1ccc(CN2CCSc3ccc(OC)cc3C2)cc1.C=C(O)c1cccc(CN2CCSc3ccc(OC)cc3C2)c1.COc1ccc2c(c1)CN(Cc1ccccc1C(=O)O)CCS2. The number of fused-ring (bicyclic) bond motifs is 3. The second-order valence-corrected chi connectivity index (χ2v) is 20.3. The summed E-state index contributed by atoms with van der Waals surface area (Å²) in [6.45, 7) is 15.2. The van der Waals surface area contributed by atoms with Crippen LogP contribution < -0.4 is 14.2 Å². The molecule has 360 valence electrons. The third-order valence-electron chi connectivity index (χ3n) is 12.0. The Morgan fingerprint density at radius 1 is 0.507 bits per heavy atom. The molecule has 0 aliphatic carbocycles. The van der Waals surface area contributed by atoms with Crippen molar-refractivity contribution >= 4 is 52.8 Å². The van der Waals surface area contributed by atoms with E-state index in [0.29, 0.717) is 12.1 Å². The number of carboxylic acids is 1. The summed E-state index contributed by atoms with van der Waals surface area (Å²) in [4.78, 5) is 22.5. The Hall–Kier alpha value is -5.80. The molecule has 0 saturated heterocycles. The number of aliphatic hydroxyl groups is 2. The van der Waals surface area contributed by atoms with Gasteiger partial charge in [0.25, 0.3) is 0 Å². The molecule has 0 radical (unpaired) electrons. The summed E-state index contributed by atoms with van der Waals surface area (Å²) in [7, 11) is 5.09. The van der Waals surface area contributed by atoms with Crippen LogP contribution in [0.25, 0.3) is 11.5 Å². The monoisotopic (exact) mass is 983 g/mol. The van der Waals surface area contributed by atoms with Crippen molar-refractivity contribution < 1.29 is 34.3 Å². The first-order valence-electron chi connectivity index (χ1n) is 22.8. The first-order valence-corrected chi connectivity index (χ1v) is 25.8. The van der Waals surface area contributed by atoms with Gasteiger partial charge in [-0.3, -0.25) is 14.7 Å². The molecule has 3 heterocycles. The number of ether oxygens (including phenoxy) is 3. The number of methoxy groups -OCH3 is 3. The molecule has 0 saturated carbocycles. The van der Waals surface area contributed by atoms with Gasteiger partial charge in [-0.15, -0.1) is 35.3 Å². The van der Waals surface area contributed by atoms with Gasteiger partial charge >= 0.3 is 5.97 Å². The average molecular weight is 984 g/mol. The Bertz CT molecular complexity index is 2710. The molecule has 3 N–H and O–H groups in total. The van der Waals surface area contributed by atoms with E-state index in [-0.39, 0.29) is 11.5 Å². The minimum Gasteiger partial charge on any atom is -0.508 e. The lowest BCUT2D eigenvalue weighted by atomic mass is 10.1. The van der Waals surface area contributed by atoms with Gasteiger partial charge in [0.05, 0.1) is 26.9 Å². The van der Waals surface area contributed by atoms with E-state index >= 15 is 0 Å². The van der Waals surface area contributed by atoms with E-state index in [4.69, 9.17) is 14.2 Å². The number of aliphatic hydroxyl groups excluding tert-OH is 2. The molecule has 0 atom stereocenters. The number of carbonyl (C=O) groups is 1. The van der Waals surface area contributed by atoms with Crippen molar-refractivity contribution in [3.05, 3.63) is 191 Å². The Balaban J connectivity index is 0.000000153. The summed E-state index contributed by atoms with van der Waals surface area (Å²) >= 11 is 5.65. The van der Waals surface area contributed by atoms with Crippen molar-refractivity contribution in [2.45, 2.75) is 54.0 Å². The van der Waals surface area contributed by atoms with Crippen LogP contribution >= 0.6 is 35.3 Å². The summed E-state index contributed by atoms with van der Waals surface area (Å²) in [5, 5.41) is 28.3. The molecule has 0 spiro atoms. The minimum atomic E-state index is -0.869. The van der Waals surface area contributed by atoms with Crippen LogP contribution in [0.15, 0.2) is 155 Å². The van der Waals surface area contributed by atoms with E-state index in [1.807, 2.05) is 95.9 Å². The Labute approximate surface area is 419 Å². The summed E-state index contributed by atoms with van der Waals surface area (Å²) in [6, 6.07) is 41.9. The lowest BCUT2D eigenvalue weighted by Crippen LogP contribution is -2.25. The standard InChI is InChI=1S/2C19H21NO2S.C18H19NO3S/c1-14(21)16-5-3-15(4-6-16)12-20-9-10-23-19-8-7-18(22-2)11-17(19)13-20;1-14(21)16-5-3-4-15(10-16)12-20-8-9-23-19-7-6-18(22-2)11-17(19)13-20;1-22-15-6-7-17-14(10-15)12-19(8-9-23-17)11-13-4-2-3-5-16(13)18(20)21/h3-8,11,21H,1,9-10,12-13H2,2H3;3-7,10-11,21H,1,8-9,12-13H2,2H3;2-7,10H,8-9,11-12H2,1H3,(H,20,21). The van der Waals surface area contributed by atoms with Gasteiger partial charge in [0, 0.05) is 102 Å². The van der Waals surface area contributed by atoms with E-state index in [1.165, 1.54) is 42.5 Å². The fourth-order valence-corrected chi connectivity index (χ4v) is 11.5. The van der Waals surface area contributed by atoms with Gasteiger partial charge < -0.3 is 29.5 Å². The first kappa shape index (κ1) is 51.1. The number of aromatic carboxylic acids is 1. The number of rotatable bonds is 12. The molecule has 13 heteroatoms. The van der Waals surface area contributed by atoms with Crippen LogP contribution in [0.2, 0.25) is 0 Å². The average Bonchev–Trinajstić information content (AvgIpc) is 3.79. The number of thioether (sulfide) groups is 3.